The standard InChI is InChI=1S/C21H18ClN3O3/c1-13-6-7-16(11-18(13)22)24-17-8-9-23-19(12-17)20(26)25-15-5-3-4-14(10-15)21(27)28-2/h3-12H,1-2H3,(H,23,24)(H,25,26). The van der Waals surface area contributed by atoms with E-state index in [0.29, 0.717) is 22.0 Å². The summed E-state index contributed by atoms with van der Waals surface area (Å²) in [5.41, 5.74) is 3.53. The SMILES string of the molecule is COC(=O)c1cccc(NC(=O)c2cc(Nc3ccc(C)c(Cl)c3)ccn2)c1. The Morgan fingerprint density at radius 1 is 1.00 bits per heavy atom. The van der Waals surface area contributed by atoms with Crippen LogP contribution in [-0.2, 0) is 4.74 Å². The third-order valence-electron chi connectivity index (χ3n) is 3.99. The van der Waals surface area contributed by atoms with Crippen LogP contribution in [0.15, 0.2) is 60.8 Å². The van der Waals surface area contributed by atoms with Gasteiger partial charge in [-0.15, -0.1) is 0 Å². The summed E-state index contributed by atoms with van der Waals surface area (Å²) in [6, 6.07) is 15.5. The van der Waals surface area contributed by atoms with Gasteiger partial charge in [0.05, 0.1) is 12.7 Å². The van der Waals surface area contributed by atoms with Crippen molar-refractivity contribution in [2.45, 2.75) is 6.92 Å². The van der Waals surface area contributed by atoms with Gasteiger partial charge >= 0.3 is 5.97 Å². The maximum atomic E-state index is 12.5. The van der Waals surface area contributed by atoms with E-state index in [4.69, 9.17) is 11.6 Å². The number of pyridine rings is 1. The fourth-order valence-electron chi connectivity index (χ4n) is 2.51. The van der Waals surface area contributed by atoms with Crippen LogP contribution < -0.4 is 10.6 Å². The number of hydrogen-bond donors (Lipinski definition) is 2. The zero-order valence-electron chi connectivity index (χ0n) is 15.3. The number of esters is 1. The maximum absolute atomic E-state index is 12.5. The molecular formula is C21H18ClN3O3. The molecule has 3 aromatic rings. The minimum atomic E-state index is -0.475. The molecule has 1 amide bonds. The number of anilines is 3. The fourth-order valence-corrected chi connectivity index (χ4v) is 2.69. The number of nitrogens with zero attached hydrogens (tertiary/aromatic N) is 1. The van der Waals surface area contributed by atoms with Crippen LogP contribution in [0.25, 0.3) is 0 Å². The van der Waals surface area contributed by atoms with Gasteiger partial charge in [-0.2, -0.15) is 0 Å². The first-order chi connectivity index (χ1) is 13.5. The molecule has 6 nitrogen and oxygen atoms in total. The van der Waals surface area contributed by atoms with Crippen LogP contribution in [0.5, 0.6) is 0 Å². The molecule has 7 heteroatoms. The van der Waals surface area contributed by atoms with Crippen molar-refractivity contribution in [3.05, 3.63) is 82.6 Å². The third kappa shape index (κ3) is 4.66. The molecule has 0 atom stereocenters. The monoisotopic (exact) mass is 395 g/mol. The predicted octanol–water partition coefficient (Wildman–Crippen LogP) is 4.83. The first-order valence-corrected chi connectivity index (χ1v) is 8.83. The molecule has 0 fully saturated rings. The van der Waals surface area contributed by atoms with Crippen molar-refractivity contribution in [1.29, 1.82) is 0 Å². The topological polar surface area (TPSA) is 80.3 Å². The Bertz CT molecular complexity index is 1040. The molecule has 0 bridgehead atoms. The third-order valence-corrected chi connectivity index (χ3v) is 4.40. The second-order valence-corrected chi connectivity index (χ2v) is 6.45. The highest BCUT2D eigenvalue weighted by Gasteiger charge is 2.11. The summed E-state index contributed by atoms with van der Waals surface area (Å²) in [5, 5.41) is 6.58. The summed E-state index contributed by atoms with van der Waals surface area (Å²) in [7, 11) is 1.30. The Labute approximate surface area is 167 Å². The highest BCUT2D eigenvalue weighted by molar-refractivity contribution is 6.31. The summed E-state index contributed by atoms with van der Waals surface area (Å²) < 4.78 is 4.69. The second-order valence-electron chi connectivity index (χ2n) is 6.05. The van der Waals surface area contributed by atoms with Gasteiger partial charge in [-0.1, -0.05) is 23.7 Å². The van der Waals surface area contributed by atoms with E-state index >= 15 is 0 Å². The number of carbonyl (C=O) groups excluding carboxylic acids is 2. The molecule has 142 valence electrons. The largest absolute Gasteiger partial charge is 0.465 e. The Balaban J connectivity index is 1.75. The van der Waals surface area contributed by atoms with Crippen LogP contribution in [0.2, 0.25) is 5.02 Å². The molecule has 0 saturated heterocycles. The number of benzene rings is 2. The molecule has 28 heavy (non-hydrogen) atoms. The van der Waals surface area contributed by atoms with Crippen molar-refractivity contribution in [3.63, 3.8) is 0 Å². The van der Waals surface area contributed by atoms with Gasteiger partial charge in [0, 0.05) is 28.3 Å². The van der Waals surface area contributed by atoms with Crippen LogP contribution >= 0.6 is 11.6 Å². The highest BCUT2D eigenvalue weighted by Crippen LogP contribution is 2.23. The quantitative estimate of drug-likeness (QED) is 0.605. The normalized spacial score (nSPS) is 10.2. The number of amides is 1. The number of hydrogen-bond acceptors (Lipinski definition) is 5. The van der Waals surface area contributed by atoms with E-state index in [-0.39, 0.29) is 5.69 Å². The number of carbonyl (C=O) groups is 2. The van der Waals surface area contributed by atoms with E-state index in [1.165, 1.54) is 13.3 Å². The molecule has 0 unspecified atom stereocenters. The van der Waals surface area contributed by atoms with Crippen molar-refractivity contribution in [2.75, 3.05) is 17.7 Å². The number of halogens is 1. The summed E-state index contributed by atoms with van der Waals surface area (Å²) >= 11 is 6.15. The zero-order chi connectivity index (χ0) is 20.1. The molecule has 0 aliphatic heterocycles. The van der Waals surface area contributed by atoms with Crippen LogP contribution in [0, 0.1) is 6.92 Å². The average molecular weight is 396 g/mol. The predicted molar refractivity (Wildman–Crippen MR) is 109 cm³/mol. The molecule has 0 spiro atoms. The Hall–Kier alpha value is -3.38. The van der Waals surface area contributed by atoms with Crippen molar-refractivity contribution in [2.24, 2.45) is 0 Å². The number of aromatic nitrogens is 1. The number of rotatable bonds is 5. The molecule has 0 saturated carbocycles. The van der Waals surface area contributed by atoms with E-state index in [9.17, 15) is 9.59 Å². The average Bonchev–Trinajstić information content (AvgIpc) is 2.70. The van der Waals surface area contributed by atoms with Gasteiger partial charge < -0.3 is 15.4 Å². The van der Waals surface area contributed by atoms with E-state index in [0.717, 1.165) is 11.3 Å². The Kier molecular flexibility index (Phi) is 5.91. The van der Waals surface area contributed by atoms with Gasteiger partial charge in [0.2, 0.25) is 0 Å². The minimum Gasteiger partial charge on any atom is -0.465 e. The second kappa shape index (κ2) is 8.54. The lowest BCUT2D eigenvalue weighted by Gasteiger charge is -2.10. The minimum absolute atomic E-state index is 0.228. The van der Waals surface area contributed by atoms with Crippen LogP contribution in [0.4, 0.5) is 17.1 Å². The van der Waals surface area contributed by atoms with Gasteiger partial charge in [0.15, 0.2) is 0 Å². The van der Waals surface area contributed by atoms with Gasteiger partial charge in [-0.3, -0.25) is 9.78 Å². The molecule has 2 N–H and O–H groups in total. The number of ether oxygens (including phenoxy) is 1. The van der Waals surface area contributed by atoms with Crippen molar-refractivity contribution in [1.82, 2.24) is 4.98 Å². The van der Waals surface area contributed by atoms with Crippen LogP contribution in [0.3, 0.4) is 0 Å². The lowest BCUT2D eigenvalue weighted by Crippen LogP contribution is -2.14. The van der Waals surface area contributed by atoms with Crippen molar-refractivity contribution >= 4 is 40.5 Å². The van der Waals surface area contributed by atoms with E-state index in [1.54, 1.807) is 36.4 Å². The van der Waals surface area contributed by atoms with E-state index in [1.807, 2.05) is 25.1 Å². The fraction of sp³-hybridized carbons (Fsp3) is 0.0952. The summed E-state index contributed by atoms with van der Waals surface area (Å²) in [6.45, 7) is 1.93. The smallest absolute Gasteiger partial charge is 0.337 e. The van der Waals surface area contributed by atoms with Gasteiger partial charge in [0.25, 0.3) is 5.91 Å². The highest BCUT2D eigenvalue weighted by atomic mass is 35.5. The summed E-state index contributed by atoms with van der Waals surface area (Å²) in [4.78, 5) is 28.3. The molecule has 1 aromatic heterocycles. The summed E-state index contributed by atoms with van der Waals surface area (Å²) in [5.74, 6) is -0.871. The molecule has 2 aromatic carbocycles. The molecule has 0 aliphatic carbocycles. The molecule has 1 heterocycles. The molecular weight excluding hydrogens is 378 g/mol. The molecule has 3 rings (SSSR count). The van der Waals surface area contributed by atoms with Crippen molar-refractivity contribution < 1.29 is 14.3 Å². The van der Waals surface area contributed by atoms with Crippen LogP contribution in [-0.4, -0.2) is 24.0 Å². The van der Waals surface area contributed by atoms with Gasteiger partial charge in [-0.05, 0) is 55.0 Å². The summed E-state index contributed by atoms with van der Waals surface area (Å²) in [6.07, 6.45) is 1.54. The number of nitrogens with one attached hydrogen (secondary N) is 2. The lowest BCUT2D eigenvalue weighted by atomic mass is 10.2. The first kappa shape index (κ1) is 19.4. The zero-order valence-corrected chi connectivity index (χ0v) is 16.1. The van der Waals surface area contributed by atoms with Gasteiger partial charge in [-0.25, -0.2) is 4.79 Å². The van der Waals surface area contributed by atoms with Gasteiger partial charge in [0.1, 0.15) is 5.69 Å². The lowest BCUT2D eigenvalue weighted by molar-refractivity contribution is 0.0600. The van der Waals surface area contributed by atoms with E-state index < -0.39 is 11.9 Å². The number of aryl methyl sites for hydroxylation is 1. The van der Waals surface area contributed by atoms with E-state index in [2.05, 4.69) is 20.4 Å². The first-order valence-electron chi connectivity index (χ1n) is 8.45. The Morgan fingerprint density at radius 2 is 1.79 bits per heavy atom. The molecule has 0 radical (unpaired) electrons. The van der Waals surface area contributed by atoms with Crippen LogP contribution in [0.1, 0.15) is 26.4 Å². The number of methoxy groups -OCH3 is 1. The Morgan fingerprint density at radius 3 is 2.54 bits per heavy atom. The van der Waals surface area contributed by atoms with Crippen molar-refractivity contribution in [3.8, 4) is 0 Å². The molecule has 0 aliphatic rings. The maximum Gasteiger partial charge on any atom is 0.337 e.